The van der Waals surface area contributed by atoms with E-state index in [1.54, 1.807) is 0 Å². The van der Waals surface area contributed by atoms with Crippen LogP contribution < -0.4 is 10.6 Å². The molecule has 0 aliphatic carbocycles. The normalized spacial score (nSPS) is 12.0. The zero-order valence-corrected chi connectivity index (χ0v) is 18.0. The number of ether oxygens (including phenoxy) is 1. The van der Waals surface area contributed by atoms with Gasteiger partial charge in [-0.05, 0) is 30.5 Å². The summed E-state index contributed by atoms with van der Waals surface area (Å²) >= 11 is 0. The summed E-state index contributed by atoms with van der Waals surface area (Å²) in [6, 6.07) is 26.8. The van der Waals surface area contributed by atoms with Gasteiger partial charge in [0.1, 0.15) is 0 Å². The first kappa shape index (κ1) is 22.5. The van der Waals surface area contributed by atoms with Gasteiger partial charge in [-0.25, -0.2) is 4.79 Å². The van der Waals surface area contributed by atoms with E-state index >= 15 is 0 Å². The number of hydrogen-bond donors (Lipinski definition) is 3. The predicted molar refractivity (Wildman–Crippen MR) is 123 cm³/mol. The molecular formula is C26H30N2O3. The molecule has 0 aliphatic heterocycles. The Morgan fingerprint density at radius 2 is 1.45 bits per heavy atom. The molecule has 3 N–H and O–H groups in total. The Morgan fingerprint density at radius 3 is 1.97 bits per heavy atom. The topological polar surface area (TPSA) is 70.6 Å². The molecule has 1 amide bonds. The predicted octanol–water partition coefficient (Wildman–Crippen LogP) is 4.84. The summed E-state index contributed by atoms with van der Waals surface area (Å²) in [6.07, 6.45) is -1.06. The lowest BCUT2D eigenvalue weighted by molar-refractivity contribution is 0.0933. The van der Waals surface area contributed by atoms with E-state index in [4.69, 9.17) is 9.84 Å². The van der Waals surface area contributed by atoms with E-state index < -0.39 is 6.09 Å². The summed E-state index contributed by atoms with van der Waals surface area (Å²) in [6.45, 7) is 5.24. The fourth-order valence-corrected chi connectivity index (χ4v) is 3.96. The van der Waals surface area contributed by atoms with Gasteiger partial charge in [0.25, 0.3) is 0 Å². The maximum atomic E-state index is 11.0. The van der Waals surface area contributed by atoms with Crippen LogP contribution in [0, 0.1) is 13.8 Å². The quantitative estimate of drug-likeness (QED) is 0.412. The minimum atomic E-state index is -1.06. The Balaban J connectivity index is 1.81. The number of nitrogens with one attached hydrogen (secondary N) is 2. The second kappa shape index (κ2) is 11.3. The van der Waals surface area contributed by atoms with Crippen molar-refractivity contribution in [2.75, 3.05) is 13.3 Å². The SMILES string of the molecule is Cc1cc(C)cc(COCC(NCNC(=O)O)C(c2ccccc2)c2ccccc2)c1. The summed E-state index contributed by atoms with van der Waals surface area (Å²) in [5.74, 6) is 0.0113. The number of aryl methyl sites for hydroxylation is 2. The van der Waals surface area contributed by atoms with Gasteiger partial charge in [0.2, 0.25) is 0 Å². The standard InChI is InChI=1S/C26H30N2O3/c1-19-13-20(2)15-21(14-19)16-31-17-24(27-18-28-26(29)30)25(22-9-5-3-6-10-22)23-11-7-4-8-12-23/h3-15,24-25,27-28H,16-18H2,1-2H3,(H,29,30). The van der Waals surface area contributed by atoms with Gasteiger partial charge >= 0.3 is 6.09 Å². The molecule has 0 spiro atoms. The molecule has 162 valence electrons. The first-order valence-electron chi connectivity index (χ1n) is 10.5. The summed E-state index contributed by atoms with van der Waals surface area (Å²) in [5, 5.41) is 14.7. The molecule has 0 aromatic heterocycles. The number of rotatable bonds is 10. The molecule has 0 aliphatic rings. The van der Waals surface area contributed by atoms with Crippen LogP contribution in [0.5, 0.6) is 0 Å². The smallest absolute Gasteiger partial charge is 0.405 e. The molecule has 5 nitrogen and oxygen atoms in total. The molecule has 1 atom stereocenters. The first-order valence-corrected chi connectivity index (χ1v) is 10.5. The van der Waals surface area contributed by atoms with E-state index in [0.29, 0.717) is 13.2 Å². The number of hydrogen-bond acceptors (Lipinski definition) is 3. The Hall–Kier alpha value is -3.15. The van der Waals surface area contributed by atoms with Crippen LogP contribution in [0.15, 0.2) is 78.9 Å². The third-order valence-corrected chi connectivity index (χ3v) is 5.17. The molecule has 3 rings (SSSR count). The van der Waals surface area contributed by atoms with Gasteiger partial charge in [-0.1, -0.05) is 90.0 Å². The third-order valence-electron chi connectivity index (χ3n) is 5.17. The average molecular weight is 419 g/mol. The minimum Gasteiger partial charge on any atom is -0.465 e. The van der Waals surface area contributed by atoms with E-state index in [1.807, 2.05) is 36.4 Å². The van der Waals surface area contributed by atoms with Crippen molar-refractivity contribution in [2.45, 2.75) is 32.4 Å². The molecule has 0 fully saturated rings. The third kappa shape index (κ3) is 6.95. The highest BCUT2D eigenvalue weighted by Gasteiger charge is 2.25. The summed E-state index contributed by atoms with van der Waals surface area (Å²) in [7, 11) is 0. The van der Waals surface area contributed by atoms with Crippen molar-refractivity contribution >= 4 is 6.09 Å². The number of carbonyl (C=O) groups is 1. The molecule has 0 saturated heterocycles. The molecule has 3 aromatic carbocycles. The maximum Gasteiger partial charge on any atom is 0.405 e. The van der Waals surface area contributed by atoms with E-state index in [2.05, 4.69) is 66.9 Å². The molecule has 31 heavy (non-hydrogen) atoms. The van der Waals surface area contributed by atoms with Crippen molar-refractivity contribution in [3.63, 3.8) is 0 Å². The number of carboxylic acid groups (broad SMARTS) is 1. The van der Waals surface area contributed by atoms with Gasteiger partial charge in [0.05, 0.1) is 19.9 Å². The number of benzene rings is 3. The molecule has 0 bridgehead atoms. The Labute approximate surface area is 184 Å². The minimum absolute atomic E-state index is 0.0113. The number of amides is 1. The lowest BCUT2D eigenvalue weighted by Gasteiger charge is -2.29. The molecule has 1 unspecified atom stereocenters. The molecule has 3 aromatic rings. The Kier molecular flexibility index (Phi) is 8.21. The van der Waals surface area contributed by atoms with Crippen molar-refractivity contribution in [2.24, 2.45) is 0 Å². The first-order chi connectivity index (χ1) is 15.0. The lowest BCUT2D eigenvalue weighted by Crippen LogP contribution is -2.45. The van der Waals surface area contributed by atoms with Crippen LogP contribution in [0.4, 0.5) is 4.79 Å². The van der Waals surface area contributed by atoms with Gasteiger partial charge in [0.15, 0.2) is 0 Å². The van der Waals surface area contributed by atoms with Crippen LogP contribution in [-0.2, 0) is 11.3 Å². The molecule has 0 saturated carbocycles. The molecule has 5 heteroatoms. The van der Waals surface area contributed by atoms with Crippen molar-refractivity contribution in [1.29, 1.82) is 0 Å². The van der Waals surface area contributed by atoms with Crippen molar-refractivity contribution in [1.82, 2.24) is 10.6 Å². The van der Waals surface area contributed by atoms with E-state index in [9.17, 15) is 4.79 Å². The monoisotopic (exact) mass is 418 g/mol. The van der Waals surface area contributed by atoms with E-state index in [1.165, 1.54) is 11.1 Å². The molecule has 0 heterocycles. The highest BCUT2D eigenvalue weighted by atomic mass is 16.5. The summed E-state index contributed by atoms with van der Waals surface area (Å²) in [5.41, 5.74) is 5.86. The molecule has 0 radical (unpaired) electrons. The fraction of sp³-hybridized carbons (Fsp3) is 0.269. The zero-order chi connectivity index (χ0) is 22.1. The second-order valence-electron chi connectivity index (χ2n) is 7.78. The highest BCUT2D eigenvalue weighted by molar-refractivity contribution is 5.64. The van der Waals surface area contributed by atoms with Gasteiger partial charge in [-0.2, -0.15) is 0 Å². The highest BCUT2D eigenvalue weighted by Crippen LogP contribution is 2.28. The summed E-state index contributed by atoms with van der Waals surface area (Å²) < 4.78 is 6.14. The van der Waals surface area contributed by atoms with E-state index in [-0.39, 0.29) is 18.6 Å². The van der Waals surface area contributed by atoms with Crippen molar-refractivity contribution in [3.05, 3.63) is 107 Å². The van der Waals surface area contributed by atoms with Gasteiger partial charge < -0.3 is 15.2 Å². The largest absolute Gasteiger partial charge is 0.465 e. The van der Waals surface area contributed by atoms with Gasteiger partial charge in [-0.15, -0.1) is 0 Å². The summed E-state index contributed by atoms with van der Waals surface area (Å²) in [4.78, 5) is 11.0. The van der Waals surface area contributed by atoms with Crippen LogP contribution >= 0.6 is 0 Å². The Bertz CT molecular complexity index is 901. The van der Waals surface area contributed by atoms with Gasteiger partial charge in [-0.3, -0.25) is 5.32 Å². The van der Waals surface area contributed by atoms with Crippen molar-refractivity contribution < 1.29 is 14.6 Å². The van der Waals surface area contributed by atoms with Crippen LogP contribution in [0.2, 0.25) is 0 Å². The fourth-order valence-electron chi connectivity index (χ4n) is 3.96. The lowest BCUT2D eigenvalue weighted by atomic mass is 9.85. The van der Waals surface area contributed by atoms with Crippen molar-refractivity contribution in [3.8, 4) is 0 Å². The van der Waals surface area contributed by atoms with Gasteiger partial charge in [0, 0.05) is 12.0 Å². The molecular weight excluding hydrogens is 388 g/mol. The average Bonchev–Trinajstić information content (AvgIpc) is 2.74. The second-order valence-corrected chi connectivity index (χ2v) is 7.78. The van der Waals surface area contributed by atoms with Crippen LogP contribution in [0.3, 0.4) is 0 Å². The maximum absolute atomic E-state index is 11.0. The van der Waals surface area contributed by atoms with E-state index in [0.717, 1.165) is 16.7 Å². The van der Waals surface area contributed by atoms with Crippen LogP contribution in [0.25, 0.3) is 0 Å². The van der Waals surface area contributed by atoms with Crippen LogP contribution in [-0.4, -0.2) is 30.5 Å². The Morgan fingerprint density at radius 1 is 0.903 bits per heavy atom. The zero-order valence-electron chi connectivity index (χ0n) is 18.0. The van der Waals surface area contributed by atoms with Crippen LogP contribution in [0.1, 0.15) is 33.7 Å².